The maximum absolute atomic E-state index is 13.1. The van der Waals surface area contributed by atoms with E-state index in [2.05, 4.69) is 5.32 Å². The molecule has 28 heavy (non-hydrogen) atoms. The number of hydrogen-bond donors (Lipinski definition) is 1. The maximum Gasteiger partial charge on any atom is 0.325 e. The molecule has 0 aromatic heterocycles. The van der Waals surface area contributed by atoms with Gasteiger partial charge in [-0.2, -0.15) is 0 Å². The van der Waals surface area contributed by atoms with E-state index >= 15 is 0 Å². The Morgan fingerprint density at radius 1 is 1.00 bits per heavy atom. The molecular weight excluding hydrogens is 358 g/mol. The Morgan fingerprint density at radius 3 is 2.50 bits per heavy atom. The maximum atomic E-state index is 13.1. The van der Waals surface area contributed by atoms with Crippen molar-refractivity contribution in [3.05, 3.63) is 88.0 Å². The monoisotopic (exact) mass is 375 g/mol. The van der Waals surface area contributed by atoms with Crippen LogP contribution in [0.2, 0.25) is 0 Å². The van der Waals surface area contributed by atoms with Crippen LogP contribution in [0.1, 0.15) is 18.1 Å². The zero-order valence-corrected chi connectivity index (χ0v) is 15.1. The highest BCUT2D eigenvalue weighted by Gasteiger charge is 2.48. The first-order chi connectivity index (χ1) is 13.4. The predicted octanol–water partition coefficient (Wildman–Crippen LogP) is 3.72. The molecule has 3 aromatic rings. The summed E-state index contributed by atoms with van der Waals surface area (Å²) >= 11 is 0. The Hall–Kier alpha value is -3.74. The van der Waals surface area contributed by atoms with Crippen LogP contribution in [-0.2, 0) is 16.9 Å². The number of non-ortho nitro benzene ring substituents is 1. The summed E-state index contributed by atoms with van der Waals surface area (Å²) in [6, 6.07) is 18.8. The lowest BCUT2D eigenvalue weighted by Crippen LogP contribution is -2.40. The molecule has 3 amide bonds. The second-order valence-electron chi connectivity index (χ2n) is 6.94. The Balaban J connectivity index is 1.65. The average Bonchev–Trinajstić information content (AvgIpc) is 2.92. The highest BCUT2D eigenvalue weighted by Crippen LogP contribution is 2.32. The van der Waals surface area contributed by atoms with Crippen molar-refractivity contribution in [1.82, 2.24) is 10.2 Å². The van der Waals surface area contributed by atoms with E-state index in [-0.39, 0.29) is 18.1 Å². The van der Waals surface area contributed by atoms with E-state index in [0.29, 0.717) is 11.1 Å². The van der Waals surface area contributed by atoms with Crippen LogP contribution in [0.4, 0.5) is 10.5 Å². The van der Waals surface area contributed by atoms with Crippen LogP contribution in [0.5, 0.6) is 0 Å². The van der Waals surface area contributed by atoms with Crippen molar-refractivity contribution in [3.63, 3.8) is 0 Å². The van der Waals surface area contributed by atoms with Crippen LogP contribution in [-0.4, -0.2) is 21.8 Å². The number of imide groups is 1. The van der Waals surface area contributed by atoms with Gasteiger partial charge in [-0.1, -0.05) is 48.5 Å². The van der Waals surface area contributed by atoms with Gasteiger partial charge in [0.25, 0.3) is 11.6 Å². The number of rotatable bonds is 4. The van der Waals surface area contributed by atoms with Gasteiger partial charge in [-0.25, -0.2) is 4.79 Å². The SMILES string of the molecule is C[C@]1(c2ccc3ccccc3c2)NC(=O)N(Cc2cccc([N+](=O)[O-])c2)C1=O. The highest BCUT2D eigenvalue weighted by atomic mass is 16.6. The molecular formula is C21H17N3O4. The lowest BCUT2D eigenvalue weighted by molar-refractivity contribution is -0.384. The van der Waals surface area contributed by atoms with Gasteiger partial charge in [0.2, 0.25) is 0 Å². The molecule has 0 spiro atoms. The third-order valence-corrected chi connectivity index (χ3v) is 5.06. The normalized spacial score (nSPS) is 19.1. The van der Waals surface area contributed by atoms with Gasteiger partial charge in [-0.15, -0.1) is 0 Å². The first-order valence-electron chi connectivity index (χ1n) is 8.75. The molecule has 140 valence electrons. The van der Waals surface area contributed by atoms with E-state index < -0.39 is 16.5 Å². The second kappa shape index (κ2) is 6.45. The molecule has 4 rings (SSSR count). The van der Waals surface area contributed by atoms with E-state index in [1.165, 1.54) is 18.2 Å². The van der Waals surface area contributed by atoms with Crippen molar-refractivity contribution in [2.45, 2.75) is 19.0 Å². The number of fused-ring (bicyclic) bond motifs is 1. The van der Waals surface area contributed by atoms with Gasteiger partial charge >= 0.3 is 6.03 Å². The Labute approximate surface area is 160 Å². The third kappa shape index (κ3) is 2.87. The molecule has 0 bridgehead atoms. The summed E-state index contributed by atoms with van der Waals surface area (Å²) in [6.45, 7) is 1.64. The lowest BCUT2D eigenvalue weighted by atomic mass is 9.90. The van der Waals surface area contributed by atoms with Crippen LogP contribution >= 0.6 is 0 Å². The Bertz CT molecular complexity index is 1130. The molecule has 0 radical (unpaired) electrons. The molecule has 1 atom stereocenters. The number of nitrogens with one attached hydrogen (secondary N) is 1. The molecule has 0 aliphatic carbocycles. The van der Waals surface area contributed by atoms with E-state index in [4.69, 9.17) is 0 Å². The van der Waals surface area contributed by atoms with Gasteiger partial charge in [-0.05, 0) is 34.9 Å². The van der Waals surface area contributed by atoms with Crippen molar-refractivity contribution < 1.29 is 14.5 Å². The fraction of sp³-hybridized carbons (Fsp3) is 0.143. The van der Waals surface area contributed by atoms with Crippen molar-refractivity contribution in [1.29, 1.82) is 0 Å². The number of amides is 3. The fourth-order valence-corrected chi connectivity index (χ4v) is 3.49. The largest absolute Gasteiger partial charge is 0.325 e. The number of benzene rings is 3. The third-order valence-electron chi connectivity index (χ3n) is 5.06. The van der Waals surface area contributed by atoms with E-state index in [1.807, 2.05) is 42.5 Å². The van der Waals surface area contributed by atoms with Crippen LogP contribution in [0.25, 0.3) is 10.8 Å². The number of nitro benzene ring substituents is 1. The number of urea groups is 1. The van der Waals surface area contributed by atoms with Crippen molar-refractivity contribution >= 4 is 28.4 Å². The second-order valence-corrected chi connectivity index (χ2v) is 6.94. The molecule has 1 heterocycles. The van der Waals surface area contributed by atoms with E-state index in [9.17, 15) is 19.7 Å². The quantitative estimate of drug-likeness (QED) is 0.427. The lowest BCUT2D eigenvalue weighted by Gasteiger charge is -2.22. The molecule has 1 fully saturated rings. The predicted molar refractivity (Wildman–Crippen MR) is 103 cm³/mol. The zero-order valence-electron chi connectivity index (χ0n) is 15.1. The smallest absolute Gasteiger partial charge is 0.319 e. The van der Waals surface area contributed by atoms with Crippen molar-refractivity contribution in [3.8, 4) is 0 Å². The van der Waals surface area contributed by atoms with Gasteiger partial charge in [0.1, 0.15) is 5.54 Å². The van der Waals surface area contributed by atoms with Gasteiger partial charge in [0.05, 0.1) is 11.5 Å². The zero-order chi connectivity index (χ0) is 19.9. The standard InChI is InChI=1S/C21H17N3O4/c1-21(17-10-9-15-6-2-3-7-16(15)12-17)19(25)23(20(26)22-21)13-14-5-4-8-18(11-14)24(27)28/h2-12H,13H2,1H3,(H,22,26)/t21-/m1/s1. The minimum absolute atomic E-state index is 0.0322. The van der Waals surface area contributed by atoms with Gasteiger partial charge in [0.15, 0.2) is 0 Å². The minimum Gasteiger partial charge on any atom is -0.319 e. The number of carbonyl (C=O) groups excluding carboxylic acids is 2. The fourth-order valence-electron chi connectivity index (χ4n) is 3.49. The number of nitrogens with zero attached hydrogens (tertiary/aromatic N) is 2. The summed E-state index contributed by atoms with van der Waals surface area (Å²) < 4.78 is 0. The average molecular weight is 375 g/mol. The van der Waals surface area contributed by atoms with Crippen LogP contribution in [0.15, 0.2) is 66.7 Å². The van der Waals surface area contributed by atoms with Gasteiger partial charge in [-0.3, -0.25) is 19.8 Å². The number of carbonyl (C=O) groups is 2. The first-order valence-corrected chi connectivity index (χ1v) is 8.75. The molecule has 0 saturated carbocycles. The molecule has 1 aliphatic rings. The topological polar surface area (TPSA) is 92.6 Å². The van der Waals surface area contributed by atoms with Gasteiger partial charge in [0, 0.05) is 12.1 Å². The van der Waals surface area contributed by atoms with Gasteiger partial charge < -0.3 is 5.32 Å². The van der Waals surface area contributed by atoms with Crippen molar-refractivity contribution in [2.24, 2.45) is 0 Å². The van der Waals surface area contributed by atoms with Crippen LogP contribution < -0.4 is 5.32 Å². The van der Waals surface area contributed by atoms with Crippen LogP contribution in [0, 0.1) is 10.1 Å². The summed E-state index contributed by atoms with van der Waals surface area (Å²) in [6.07, 6.45) is 0. The molecule has 1 N–H and O–H groups in total. The minimum atomic E-state index is -1.19. The molecule has 7 heteroatoms. The Morgan fingerprint density at radius 2 is 1.75 bits per heavy atom. The molecule has 1 aliphatic heterocycles. The molecule has 1 saturated heterocycles. The van der Waals surface area contributed by atoms with Crippen LogP contribution in [0.3, 0.4) is 0 Å². The summed E-state index contributed by atoms with van der Waals surface area (Å²) in [5.74, 6) is -0.390. The van der Waals surface area contributed by atoms with E-state index in [1.54, 1.807) is 13.0 Å². The highest BCUT2D eigenvalue weighted by molar-refractivity contribution is 6.07. The summed E-state index contributed by atoms with van der Waals surface area (Å²) in [4.78, 5) is 37.2. The summed E-state index contributed by atoms with van der Waals surface area (Å²) in [5, 5.41) is 15.7. The number of nitro groups is 1. The number of hydrogen-bond acceptors (Lipinski definition) is 4. The molecule has 0 unspecified atom stereocenters. The van der Waals surface area contributed by atoms with E-state index in [0.717, 1.165) is 15.7 Å². The molecule has 7 nitrogen and oxygen atoms in total. The summed E-state index contributed by atoms with van der Waals surface area (Å²) in [5.41, 5.74) is -0.0737. The van der Waals surface area contributed by atoms with Crippen molar-refractivity contribution in [2.75, 3.05) is 0 Å². The first kappa shape index (κ1) is 17.7. The molecule has 3 aromatic carbocycles. The summed E-state index contributed by atoms with van der Waals surface area (Å²) in [7, 11) is 0. The Kier molecular flexibility index (Phi) is 4.07.